The van der Waals surface area contributed by atoms with Gasteiger partial charge < -0.3 is 19.9 Å². The van der Waals surface area contributed by atoms with Crippen LogP contribution in [0.5, 0.6) is 5.75 Å². The van der Waals surface area contributed by atoms with Gasteiger partial charge in [-0.2, -0.15) is 0 Å². The van der Waals surface area contributed by atoms with Crippen molar-refractivity contribution in [1.29, 1.82) is 0 Å². The molecule has 0 saturated heterocycles. The van der Waals surface area contributed by atoms with Crippen LogP contribution in [0.3, 0.4) is 0 Å². The molecule has 0 saturated carbocycles. The third kappa shape index (κ3) is 6.44. The van der Waals surface area contributed by atoms with Crippen LogP contribution in [0.4, 0.5) is 5.69 Å². The van der Waals surface area contributed by atoms with Crippen molar-refractivity contribution >= 4 is 17.5 Å². The predicted molar refractivity (Wildman–Crippen MR) is 160 cm³/mol. The van der Waals surface area contributed by atoms with E-state index in [-0.39, 0.29) is 18.9 Å². The van der Waals surface area contributed by atoms with E-state index in [1.165, 1.54) is 0 Å². The van der Waals surface area contributed by atoms with Gasteiger partial charge in [-0.3, -0.25) is 4.79 Å². The van der Waals surface area contributed by atoms with Gasteiger partial charge in [0.25, 0.3) is 5.91 Å². The van der Waals surface area contributed by atoms with Crippen LogP contribution in [0.25, 0.3) is 10.4 Å². The molecule has 1 amide bonds. The molecule has 0 spiro atoms. The van der Waals surface area contributed by atoms with E-state index in [1.54, 1.807) is 12.1 Å². The molecule has 1 heterocycles. The summed E-state index contributed by atoms with van der Waals surface area (Å²) < 4.78 is 12.2. The topological polar surface area (TPSA) is 129 Å². The van der Waals surface area contributed by atoms with Gasteiger partial charge in [0.2, 0.25) is 5.90 Å². The Morgan fingerprint density at radius 3 is 2.38 bits per heavy atom. The molecule has 9 nitrogen and oxygen atoms in total. The summed E-state index contributed by atoms with van der Waals surface area (Å²) in [6.07, 6.45) is -0.0910. The van der Waals surface area contributed by atoms with Gasteiger partial charge in [0.05, 0.1) is 6.61 Å². The summed E-state index contributed by atoms with van der Waals surface area (Å²) in [5, 5.41) is 16.0. The van der Waals surface area contributed by atoms with E-state index in [0.29, 0.717) is 48.0 Å². The number of aliphatic hydroxyl groups excluding tert-OH is 1. The fourth-order valence-corrected chi connectivity index (χ4v) is 4.94. The van der Waals surface area contributed by atoms with Crippen molar-refractivity contribution in [2.45, 2.75) is 31.0 Å². The molecule has 4 aromatic rings. The van der Waals surface area contributed by atoms with Gasteiger partial charge in [-0.25, -0.2) is 4.99 Å². The van der Waals surface area contributed by atoms with Gasteiger partial charge in [0.1, 0.15) is 5.75 Å². The van der Waals surface area contributed by atoms with Crippen LogP contribution in [-0.2, 0) is 22.5 Å². The van der Waals surface area contributed by atoms with Crippen LogP contribution in [0, 0.1) is 0 Å². The number of nitrogens with one attached hydrogen (secondary N) is 1. The number of aliphatic hydroxyl groups is 1. The monoisotopic (exact) mass is 561 g/mol. The summed E-state index contributed by atoms with van der Waals surface area (Å²) >= 11 is 0. The average Bonchev–Trinajstić information content (AvgIpc) is 3.43. The summed E-state index contributed by atoms with van der Waals surface area (Å²) in [7, 11) is 0. The summed E-state index contributed by atoms with van der Waals surface area (Å²) in [5.74, 6) is 0.664. The van der Waals surface area contributed by atoms with E-state index in [4.69, 9.17) is 19.6 Å². The van der Waals surface area contributed by atoms with Gasteiger partial charge in [0.15, 0.2) is 11.6 Å². The lowest BCUT2D eigenvalue weighted by molar-refractivity contribution is -0.129. The first-order valence-corrected chi connectivity index (χ1v) is 13.7. The van der Waals surface area contributed by atoms with Crippen molar-refractivity contribution in [2.24, 2.45) is 10.1 Å². The first kappa shape index (κ1) is 28.4. The van der Waals surface area contributed by atoms with Crippen LogP contribution >= 0.6 is 0 Å². The molecule has 0 aromatic heterocycles. The van der Waals surface area contributed by atoms with E-state index in [0.717, 1.165) is 11.1 Å². The zero-order chi connectivity index (χ0) is 29.2. The molecule has 9 heteroatoms. The fourth-order valence-electron chi connectivity index (χ4n) is 4.94. The lowest BCUT2D eigenvalue weighted by Gasteiger charge is -2.31. The van der Waals surface area contributed by atoms with Crippen LogP contribution in [0.15, 0.2) is 119 Å². The molecule has 42 heavy (non-hydrogen) atoms. The SMILES string of the molecule is [N-]=[N+]=Nc1ccccc1C[C@@]1(C(=O)NCc2ccccc2)N=C(c2ccc(OCCCO)cc2)O[C@@H]1c1ccccc1. The highest BCUT2D eigenvalue weighted by atomic mass is 16.5. The number of hydrogen-bond donors (Lipinski definition) is 2. The molecule has 1 aliphatic heterocycles. The standard InChI is InChI=1S/C33H31N5O4/c34-38-37-29-15-8-7-14-27(29)22-33(32(40)35-23-24-10-3-1-4-11-24)30(25-12-5-2-6-13-25)42-31(36-33)26-16-18-28(19-17-26)41-21-9-20-39/h1-8,10-19,30,39H,9,20-23H2,(H,35,40)/t30-,33-/m1/s1. The molecular formula is C33H31N5O4. The van der Waals surface area contributed by atoms with Crippen molar-refractivity contribution in [2.75, 3.05) is 13.2 Å². The van der Waals surface area contributed by atoms with Gasteiger partial charge in [-0.05, 0) is 46.5 Å². The lowest BCUT2D eigenvalue weighted by atomic mass is 9.81. The van der Waals surface area contributed by atoms with Gasteiger partial charge in [-0.15, -0.1) is 0 Å². The summed E-state index contributed by atoms with van der Waals surface area (Å²) in [5.41, 5.74) is 11.3. The number of azide groups is 1. The van der Waals surface area contributed by atoms with Crippen LogP contribution in [0.2, 0.25) is 0 Å². The van der Waals surface area contributed by atoms with E-state index in [9.17, 15) is 10.3 Å². The molecule has 0 fully saturated rings. The number of amides is 1. The Bertz CT molecular complexity index is 1570. The maximum absolute atomic E-state index is 14.3. The van der Waals surface area contributed by atoms with Crippen molar-refractivity contribution < 1.29 is 19.4 Å². The van der Waals surface area contributed by atoms with Gasteiger partial charge >= 0.3 is 0 Å². The van der Waals surface area contributed by atoms with Crippen molar-refractivity contribution in [1.82, 2.24) is 5.32 Å². The number of hydrogen-bond acceptors (Lipinski definition) is 6. The zero-order valence-corrected chi connectivity index (χ0v) is 23.0. The van der Waals surface area contributed by atoms with Crippen LogP contribution in [0.1, 0.15) is 34.8 Å². The lowest BCUT2D eigenvalue weighted by Crippen LogP contribution is -2.49. The third-order valence-corrected chi connectivity index (χ3v) is 7.03. The minimum absolute atomic E-state index is 0.0564. The predicted octanol–water partition coefficient (Wildman–Crippen LogP) is 6.21. The van der Waals surface area contributed by atoms with Crippen LogP contribution < -0.4 is 10.1 Å². The highest BCUT2D eigenvalue weighted by molar-refractivity contribution is 6.01. The Balaban J connectivity index is 1.58. The van der Waals surface area contributed by atoms with Gasteiger partial charge in [0, 0.05) is 42.2 Å². The Morgan fingerprint density at radius 2 is 1.67 bits per heavy atom. The van der Waals surface area contributed by atoms with Crippen molar-refractivity contribution in [3.8, 4) is 5.75 Å². The Hall–Kier alpha value is -5.11. The van der Waals surface area contributed by atoms with Crippen molar-refractivity contribution in [3.05, 3.63) is 142 Å². The highest BCUT2D eigenvalue weighted by Crippen LogP contribution is 2.43. The zero-order valence-electron chi connectivity index (χ0n) is 23.0. The first-order chi connectivity index (χ1) is 20.6. The Morgan fingerprint density at radius 1 is 0.976 bits per heavy atom. The second kappa shape index (κ2) is 13.5. The molecule has 2 atom stereocenters. The molecule has 4 aromatic carbocycles. The first-order valence-electron chi connectivity index (χ1n) is 13.7. The van der Waals surface area contributed by atoms with Gasteiger partial charge in [-0.1, -0.05) is 90.0 Å². The smallest absolute Gasteiger partial charge is 0.252 e. The summed E-state index contributed by atoms with van der Waals surface area (Å²) in [4.78, 5) is 22.4. The normalized spacial score (nSPS) is 17.5. The van der Waals surface area contributed by atoms with Crippen molar-refractivity contribution in [3.63, 3.8) is 0 Å². The maximum Gasteiger partial charge on any atom is 0.252 e. The van der Waals surface area contributed by atoms with Crippen LogP contribution in [-0.4, -0.2) is 35.7 Å². The molecule has 212 valence electrons. The van der Waals surface area contributed by atoms with E-state index >= 15 is 0 Å². The molecule has 0 radical (unpaired) electrons. The largest absolute Gasteiger partial charge is 0.494 e. The fraction of sp³-hybridized carbons (Fsp3) is 0.212. The average molecular weight is 562 g/mol. The number of carbonyl (C=O) groups excluding carboxylic acids is 1. The molecule has 0 aliphatic carbocycles. The Kier molecular flexibility index (Phi) is 9.13. The molecule has 0 unspecified atom stereocenters. The molecule has 5 rings (SSSR count). The number of nitrogens with zero attached hydrogens (tertiary/aromatic N) is 4. The third-order valence-electron chi connectivity index (χ3n) is 7.03. The van der Waals surface area contributed by atoms with E-state index in [2.05, 4.69) is 15.3 Å². The Labute approximate surface area is 244 Å². The maximum atomic E-state index is 14.3. The summed E-state index contributed by atoms with van der Waals surface area (Å²) in [6.45, 7) is 0.769. The van der Waals surface area contributed by atoms with E-state index < -0.39 is 11.6 Å². The number of aliphatic imine (C=N–C) groups is 1. The highest BCUT2D eigenvalue weighted by Gasteiger charge is 2.53. The second-order valence-corrected chi connectivity index (χ2v) is 9.86. The molecule has 1 aliphatic rings. The van der Waals surface area contributed by atoms with E-state index in [1.807, 2.05) is 97.1 Å². The minimum Gasteiger partial charge on any atom is -0.494 e. The number of ether oxygens (including phenoxy) is 2. The molecule has 2 N–H and O–H groups in total. The second-order valence-electron chi connectivity index (χ2n) is 9.86. The number of benzene rings is 4. The quantitative estimate of drug-likeness (QED) is 0.0922. The molecular weight excluding hydrogens is 530 g/mol. The molecule has 0 bridgehead atoms. The summed E-state index contributed by atoms with van der Waals surface area (Å²) in [6, 6.07) is 33.7. The number of carbonyl (C=O) groups is 1. The minimum atomic E-state index is -1.41. The number of rotatable bonds is 12.